The van der Waals surface area contributed by atoms with Crippen molar-refractivity contribution in [3.8, 4) is 0 Å². The second-order valence-corrected chi connectivity index (χ2v) is 7.58. The molecule has 2 N–H and O–H groups in total. The van der Waals surface area contributed by atoms with E-state index in [-0.39, 0.29) is 12.3 Å². The molecule has 0 aromatic carbocycles. The Balaban J connectivity index is 1.80. The van der Waals surface area contributed by atoms with E-state index in [0.29, 0.717) is 11.7 Å². The second kappa shape index (κ2) is 6.19. The summed E-state index contributed by atoms with van der Waals surface area (Å²) in [4.78, 5) is 22.8. The molecule has 2 fully saturated rings. The standard InChI is InChI=1S/C12H19NO3S2/c14-10(6-9-8-17-4-5-18-9)13-12(2-1-3-12)7-11(15)16/h9H,1-8H2,(H,13,14)(H,15,16). The maximum absolute atomic E-state index is 12.0. The van der Waals surface area contributed by atoms with Crippen LogP contribution in [0.4, 0.5) is 0 Å². The first-order valence-electron chi connectivity index (χ1n) is 6.32. The van der Waals surface area contributed by atoms with Crippen molar-refractivity contribution >= 4 is 35.4 Å². The molecular weight excluding hydrogens is 270 g/mol. The van der Waals surface area contributed by atoms with Gasteiger partial charge in [-0.1, -0.05) is 0 Å². The van der Waals surface area contributed by atoms with Gasteiger partial charge in [-0.2, -0.15) is 23.5 Å². The Labute approximate surface area is 116 Å². The predicted molar refractivity (Wildman–Crippen MR) is 75.2 cm³/mol. The molecule has 2 rings (SSSR count). The normalized spacial score (nSPS) is 26.1. The lowest BCUT2D eigenvalue weighted by Gasteiger charge is -2.41. The van der Waals surface area contributed by atoms with Crippen LogP contribution >= 0.6 is 23.5 Å². The minimum absolute atomic E-state index is 0.0240. The zero-order valence-corrected chi connectivity index (χ0v) is 11.9. The van der Waals surface area contributed by atoms with Gasteiger partial charge in [0.05, 0.1) is 12.0 Å². The van der Waals surface area contributed by atoms with Crippen molar-refractivity contribution in [1.29, 1.82) is 0 Å². The van der Waals surface area contributed by atoms with Crippen LogP contribution in [0, 0.1) is 0 Å². The first kappa shape index (κ1) is 14.1. The first-order chi connectivity index (χ1) is 8.60. The van der Waals surface area contributed by atoms with E-state index in [1.54, 1.807) is 0 Å². The summed E-state index contributed by atoms with van der Waals surface area (Å²) in [5, 5.41) is 12.2. The van der Waals surface area contributed by atoms with Gasteiger partial charge in [0.2, 0.25) is 5.91 Å². The largest absolute Gasteiger partial charge is 0.481 e. The van der Waals surface area contributed by atoms with Gasteiger partial charge < -0.3 is 10.4 Å². The molecule has 1 atom stereocenters. The van der Waals surface area contributed by atoms with Gasteiger partial charge in [-0.05, 0) is 19.3 Å². The molecule has 0 aromatic heterocycles. The van der Waals surface area contributed by atoms with Gasteiger partial charge in [0.1, 0.15) is 0 Å². The van der Waals surface area contributed by atoms with Crippen LogP contribution in [0.3, 0.4) is 0 Å². The maximum Gasteiger partial charge on any atom is 0.305 e. The molecule has 6 heteroatoms. The second-order valence-electron chi connectivity index (χ2n) is 5.02. The molecule has 1 aliphatic carbocycles. The summed E-state index contributed by atoms with van der Waals surface area (Å²) < 4.78 is 0. The average molecular weight is 289 g/mol. The number of carboxylic acids is 1. The van der Waals surface area contributed by atoms with Crippen LogP contribution in [0.15, 0.2) is 0 Å². The Morgan fingerprint density at radius 1 is 1.33 bits per heavy atom. The van der Waals surface area contributed by atoms with Gasteiger partial charge in [-0.15, -0.1) is 0 Å². The lowest BCUT2D eigenvalue weighted by Crippen LogP contribution is -2.55. The number of hydrogen-bond donors (Lipinski definition) is 2. The Hall–Kier alpha value is -0.360. The van der Waals surface area contributed by atoms with Gasteiger partial charge in [0.25, 0.3) is 0 Å². The van der Waals surface area contributed by atoms with E-state index in [1.165, 1.54) is 5.75 Å². The van der Waals surface area contributed by atoms with Crippen molar-refractivity contribution in [2.24, 2.45) is 0 Å². The van der Waals surface area contributed by atoms with E-state index in [2.05, 4.69) is 5.32 Å². The van der Waals surface area contributed by atoms with Crippen molar-refractivity contribution in [2.75, 3.05) is 17.3 Å². The van der Waals surface area contributed by atoms with Crippen molar-refractivity contribution in [2.45, 2.75) is 42.9 Å². The number of rotatable bonds is 5. The average Bonchev–Trinajstić information content (AvgIpc) is 2.26. The van der Waals surface area contributed by atoms with Gasteiger partial charge in [-0.3, -0.25) is 9.59 Å². The molecule has 1 unspecified atom stereocenters. The highest BCUT2D eigenvalue weighted by molar-refractivity contribution is 8.06. The van der Waals surface area contributed by atoms with Crippen LogP contribution < -0.4 is 5.32 Å². The number of hydrogen-bond acceptors (Lipinski definition) is 4. The number of carbonyl (C=O) groups is 2. The van der Waals surface area contributed by atoms with Crippen LogP contribution in [0.1, 0.15) is 32.1 Å². The zero-order valence-electron chi connectivity index (χ0n) is 10.3. The molecule has 18 heavy (non-hydrogen) atoms. The van der Waals surface area contributed by atoms with E-state index in [0.717, 1.165) is 30.8 Å². The number of aliphatic carboxylic acids is 1. The van der Waals surface area contributed by atoms with Gasteiger partial charge in [0, 0.05) is 28.9 Å². The van der Waals surface area contributed by atoms with Gasteiger partial charge in [-0.25, -0.2) is 0 Å². The molecule has 0 radical (unpaired) electrons. The van der Waals surface area contributed by atoms with Crippen LogP contribution in [0.25, 0.3) is 0 Å². The topological polar surface area (TPSA) is 66.4 Å². The van der Waals surface area contributed by atoms with Crippen molar-refractivity contribution < 1.29 is 14.7 Å². The van der Waals surface area contributed by atoms with E-state index in [9.17, 15) is 9.59 Å². The minimum atomic E-state index is -0.822. The van der Waals surface area contributed by atoms with Gasteiger partial charge >= 0.3 is 5.97 Å². The molecule has 0 spiro atoms. The fourth-order valence-corrected chi connectivity index (χ4v) is 5.13. The van der Waals surface area contributed by atoms with Crippen molar-refractivity contribution in [3.63, 3.8) is 0 Å². The molecule has 1 aliphatic heterocycles. The Bertz CT molecular complexity index is 325. The number of thioether (sulfide) groups is 2. The van der Waals surface area contributed by atoms with Gasteiger partial charge in [0.15, 0.2) is 0 Å². The molecule has 1 heterocycles. The van der Waals surface area contributed by atoms with E-state index < -0.39 is 11.5 Å². The van der Waals surface area contributed by atoms with Crippen LogP contribution in [0.5, 0.6) is 0 Å². The summed E-state index contributed by atoms with van der Waals surface area (Å²) in [6.45, 7) is 0. The highest BCUT2D eigenvalue weighted by atomic mass is 32.2. The summed E-state index contributed by atoms with van der Waals surface area (Å²) in [5.74, 6) is 2.52. The lowest BCUT2D eigenvalue weighted by atomic mass is 9.74. The Morgan fingerprint density at radius 2 is 2.11 bits per heavy atom. The Morgan fingerprint density at radius 3 is 2.61 bits per heavy atom. The summed E-state index contributed by atoms with van der Waals surface area (Å²) >= 11 is 3.76. The fourth-order valence-electron chi connectivity index (χ4n) is 2.45. The number of carbonyl (C=O) groups excluding carboxylic acids is 1. The van der Waals surface area contributed by atoms with E-state index >= 15 is 0 Å². The summed E-state index contributed by atoms with van der Waals surface area (Å²) in [6, 6.07) is 0. The lowest BCUT2D eigenvalue weighted by molar-refractivity contribution is -0.140. The van der Waals surface area contributed by atoms with Crippen LogP contribution in [-0.4, -0.2) is 45.0 Å². The number of carboxylic acid groups (broad SMARTS) is 1. The molecule has 4 nitrogen and oxygen atoms in total. The third-order valence-corrected chi connectivity index (χ3v) is 6.35. The quantitative estimate of drug-likeness (QED) is 0.807. The smallest absolute Gasteiger partial charge is 0.305 e. The third kappa shape index (κ3) is 3.82. The molecule has 2 aliphatic rings. The molecular formula is C12H19NO3S2. The number of nitrogens with one attached hydrogen (secondary N) is 1. The molecule has 0 aromatic rings. The molecule has 102 valence electrons. The summed E-state index contributed by atoms with van der Waals surface area (Å²) in [5.41, 5.74) is -0.449. The molecule has 0 bridgehead atoms. The van der Waals surface area contributed by atoms with E-state index in [4.69, 9.17) is 5.11 Å². The molecule has 1 amide bonds. The highest BCUT2D eigenvalue weighted by Gasteiger charge is 2.40. The maximum atomic E-state index is 12.0. The minimum Gasteiger partial charge on any atom is -0.481 e. The fraction of sp³-hybridized carbons (Fsp3) is 0.833. The zero-order chi connectivity index (χ0) is 13.0. The SMILES string of the molecule is O=C(O)CC1(NC(=O)CC2CSCCS2)CCC1. The summed E-state index contributed by atoms with van der Waals surface area (Å²) in [6.07, 6.45) is 3.21. The predicted octanol–water partition coefficient (Wildman–Crippen LogP) is 1.74. The third-order valence-electron chi connectivity index (χ3n) is 3.50. The van der Waals surface area contributed by atoms with Crippen molar-refractivity contribution in [1.82, 2.24) is 5.32 Å². The molecule has 1 saturated carbocycles. The Kier molecular flexibility index (Phi) is 4.84. The first-order valence-corrected chi connectivity index (χ1v) is 8.52. The van der Waals surface area contributed by atoms with E-state index in [1.807, 2.05) is 23.5 Å². The molecule has 1 saturated heterocycles. The number of amides is 1. The monoisotopic (exact) mass is 289 g/mol. The summed E-state index contributed by atoms with van der Waals surface area (Å²) in [7, 11) is 0. The van der Waals surface area contributed by atoms with Crippen molar-refractivity contribution in [3.05, 3.63) is 0 Å². The van der Waals surface area contributed by atoms with Crippen LogP contribution in [0.2, 0.25) is 0 Å². The highest BCUT2D eigenvalue weighted by Crippen LogP contribution is 2.35. The van der Waals surface area contributed by atoms with Crippen LogP contribution in [-0.2, 0) is 9.59 Å².